The molecule has 0 aliphatic rings. The summed E-state index contributed by atoms with van der Waals surface area (Å²) in [6, 6.07) is 12.0. The van der Waals surface area contributed by atoms with Gasteiger partial charge in [-0.15, -0.1) is 0 Å². The molecule has 7 heteroatoms. The van der Waals surface area contributed by atoms with E-state index in [-0.39, 0.29) is 6.16 Å². The average Bonchev–Trinajstić information content (AvgIpc) is 2.48. The van der Waals surface area contributed by atoms with Gasteiger partial charge in [0.25, 0.3) is 7.52 Å². The molecule has 0 spiro atoms. The Morgan fingerprint density at radius 3 is 2.27 bits per heavy atom. The number of carbonyl (C=O) groups is 1. The Hall–Kier alpha value is -2.01. The summed E-state index contributed by atoms with van der Waals surface area (Å²) in [6.07, 6.45) is -0.288. The van der Waals surface area contributed by atoms with Crippen LogP contribution in [0.2, 0.25) is 0 Å². The van der Waals surface area contributed by atoms with E-state index in [1.807, 2.05) is 0 Å². The van der Waals surface area contributed by atoms with E-state index in [9.17, 15) is 23.7 Å². The van der Waals surface area contributed by atoms with Crippen LogP contribution in [0, 0.1) is 5.82 Å². The highest BCUT2D eigenvalue weighted by atomic mass is 31.2. The molecule has 0 saturated heterocycles. The maximum absolute atomic E-state index is 12.8. The zero-order valence-electron chi connectivity index (χ0n) is 11.5. The van der Waals surface area contributed by atoms with Gasteiger partial charge in [0.05, 0.1) is 6.16 Å². The lowest BCUT2D eigenvalue weighted by Gasteiger charge is -2.19. The second kappa shape index (κ2) is 6.83. The van der Waals surface area contributed by atoms with Crippen LogP contribution in [0.15, 0.2) is 54.6 Å². The fourth-order valence-corrected chi connectivity index (χ4v) is 3.46. The highest BCUT2D eigenvalue weighted by Gasteiger charge is 2.29. The zero-order valence-corrected chi connectivity index (χ0v) is 12.4. The number of benzene rings is 2. The van der Waals surface area contributed by atoms with Crippen molar-refractivity contribution in [2.75, 3.05) is 0 Å². The molecule has 0 aliphatic carbocycles. The first-order valence-electron chi connectivity index (χ1n) is 6.49. The number of hydrogen-bond donors (Lipinski definition) is 3. The molecule has 0 bridgehead atoms. The third kappa shape index (κ3) is 4.49. The van der Waals surface area contributed by atoms with Crippen molar-refractivity contribution in [2.24, 2.45) is 0 Å². The summed E-state index contributed by atoms with van der Waals surface area (Å²) in [5.41, 5.74) is 0.820. The molecule has 116 valence electrons. The zero-order chi connectivity index (χ0) is 16.2. The number of carboxylic acid groups (broad SMARTS) is 1. The van der Waals surface area contributed by atoms with Crippen molar-refractivity contribution in [3.63, 3.8) is 0 Å². The summed E-state index contributed by atoms with van der Waals surface area (Å²) in [6.45, 7) is 0. The van der Waals surface area contributed by atoms with Gasteiger partial charge in [0.1, 0.15) is 11.9 Å². The van der Waals surface area contributed by atoms with Crippen molar-refractivity contribution < 1.29 is 23.7 Å². The highest BCUT2D eigenvalue weighted by molar-refractivity contribution is 7.55. The lowest BCUT2D eigenvalue weighted by Crippen LogP contribution is -2.26. The molecule has 22 heavy (non-hydrogen) atoms. The summed E-state index contributed by atoms with van der Waals surface area (Å²) < 4.78 is 25.1. The van der Waals surface area contributed by atoms with E-state index in [2.05, 4.69) is 5.09 Å². The Morgan fingerprint density at radius 2 is 1.73 bits per heavy atom. The Morgan fingerprint density at radius 1 is 1.14 bits per heavy atom. The van der Waals surface area contributed by atoms with Gasteiger partial charge in [-0.3, -0.25) is 9.36 Å². The van der Waals surface area contributed by atoms with Gasteiger partial charge in [0, 0.05) is 0 Å². The third-order valence-corrected chi connectivity index (χ3v) is 4.48. The smallest absolute Gasteiger partial charge is 0.325 e. The van der Waals surface area contributed by atoms with Crippen LogP contribution in [0.1, 0.15) is 17.2 Å². The number of halogens is 1. The van der Waals surface area contributed by atoms with Gasteiger partial charge < -0.3 is 10.00 Å². The number of hydrogen-bond acceptors (Lipinski definition) is 2. The number of aliphatic carboxylic acids is 1. The molecular weight excluding hydrogens is 308 g/mol. The minimum Gasteiger partial charge on any atom is -0.480 e. The number of carboxylic acids is 1. The van der Waals surface area contributed by atoms with E-state index in [4.69, 9.17) is 0 Å². The third-order valence-electron chi connectivity index (χ3n) is 3.02. The Kier molecular flexibility index (Phi) is 5.08. The van der Waals surface area contributed by atoms with Crippen LogP contribution in [0.3, 0.4) is 0 Å². The van der Waals surface area contributed by atoms with Gasteiger partial charge in [-0.1, -0.05) is 42.5 Å². The second-order valence-corrected chi connectivity index (χ2v) is 6.77. The highest BCUT2D eigenvalue weighted by Crippen LogP contribution is 2.42. The fourth-order valence-electron chi connectivity index (χ4n) is 2.00. The van der Waals surface area contributed by atoms with Gasteiger partial charge in [-0.2, -0.15) is 0 Å². The van der Waals surface area contributed by atoms with Crippen molar-refractivity contribution in [1.82, 2.24) is 5.09 Å². The molecule has 0 saturated carbocycles. The average molecular weight is 323 g/mol. The van der Waals surface area contributed by atoms with Crippen molar-refractivity contribution in [3.05, 3.63) is 71.5 Å². The monoisotopic (exact) mass is 323 g/mol. The molecule has 0 radical (unpaired) electrons. The van der Waals surface area contributed by atoms with E-state index >= 15 is 0 Å². The van der Waals surface area contributed by atoms with Crippen LogP contribution in [0.25, 0.3) is 0 Å². The summed E-state index contributed by atoms with van der Waals surface area (Å²) in [7, 11) is -3.96. The van der Waals surface area contributed by atoms with E-state index in [0.29, 0.717) is 11.1 Å². The molecule has 2 aromatic rings. The molecule has 2 unspecified atom stereocenters. The molecule has 0 amide bonds. The molecular formula is C15H15FNO4P. The molecule has 2 aromatic carbocycles. The van der Waals surface area contributed by atoms with Crippen LogP contribution in [0.4, 0.5) is 4.39 Å². The molecule has 0 aromatic heterocycles. The standard InChI is InChI=1S/C15H15FNO4P/c16-13-8-6-11(7-9-13)10-22(20,21)17-14(15(18)19)12-4-2-1-3-5-12/h1-9,14H,10H2,(H,18,19)(H2,17,20,21). The normalized spacial score (nSPS) is 15.0. The Balaban J connectivity index is 2.16. The van der Waals surface area contributed by atoms with Gasteiger partial charge in [-0.25, -0.2) is 9.48 Å². The fraction of sp³-hybridized carbons (Fsp3) is 0.133. The predicted octanol–water partition coefficient (Wildman–Crippen LogP) is 2.93. The number of nitrogens with one attached hydrogen (secondary N) is 1. The van der Waals surface area contributed by atoms with Crippen LogP contribution < -0.4 is 5.09 Å². The van der Waals surface area contributed by atoms with E-state index < -0.39 is 25.3 Å². The van der Waals surface area contributed by atoms with E-state index in [1.54, 1.807) is 30.3 Å². The second-order valence-electron chi connectivity index (χ2n) is 4.80. The molecule has 2 atom stereocenters. The molecule has 0 fully saturated rings. The first-order chi connectivity index (χ1) is 10.4. The van der Waals surface area contributed by atoms with Crippen LogP contribution in [-0.4, -0.2) is 16.0 Å². The summed E-state index contributed by atoms with van der Waals surface area (Å²) >= 11 is 0. The van der Waals surface area contributed by atoms with Gasteiger partial charge >= 0.3 is 5.97 Å². The lowest BCUT2D eigenvalue weighted by atomic mass is 10.1. The Bertz CT molecular complexity index is 690. The van der Waals surface area contributed by atoms with Crippen molar-refractivity contribution in [2.45, 2.75) is 12.2 Å². The van der Waals surface area contributed by atoms with E-state index in [1.165, 1.54) is 24.3 Å². The van der Waals surface area contributed by atoms with Crippen LogP contribution in [0.5, 0.6) is 0 Å². The quantitative estimate of drug-likeness (QED) is 0.712. The molecule has 0 aliphatic heterocycles. The minimum atomic E-state index is -3.96. The minimum absolute atomic E-state index is 0.288. The Labute approximate surface area is 126 Å². The van der Waals surface area contributed by atoms with E-state index in [0.717, 1.165) is 0 Å². The van der Waals surface area contributed by atoms with Crippen LogP contribution >= 0.6 is 7.52 Å². The molecule has 2 rings (SSSR count). The topological polar surface area (TPSA) is 86.6 Å². The van der Waals surface area contributed by atoms with Crippen molar-refractivity contribution in [3.8, 4) is 0 Å². The van der Waals surface area contributed by atoms with Crippen molar-refractivity contribution >= 4 is 13.5 Å². The van der Waals surface area contributed by atoms with Gasteiger partial charge in [0.15, 0.2) is 0 Å². The van der Waals surface area contributed by atoms with Gasteiger partial charge in [-0.05, 0) is 23.3 Å². The summed E-state index contributed by atoms with van der Waals surface area (Å²) in [5.74, 6) is -1.70. The SMILES string of the molecule is O=C(O)C(NP(=O)(O)Cc1ccc(F)cc1)c1ccccc1. The number of rotatable bonds is 6. The summed E-state index contributed by atoms with van der Waals surface area (Å²) in [5, 5.41) is 11.5. The molecule has 0 heterocycles. The predicted molar refractivity (Wildman–Crippen MR) is 79.9 cm³/mol. The maximum atomic E-state index is 12.8. The first kappa shape index (κ1) is 16.4. The van der Waals surface area contributed by atoms with Crippen molar-refractivity contribution in [1.29, 1.82) is 0 Å². The summed E-state index contributed by atoms with van der Waals surface area (Å²) in [4.78, 5) is 21.3. The van der Waals surface area contributed by atoms with Crippen LogP contribution in [-0.2, 0) is 15.5 Å². The molecule has 3 N–H and O–H groups in total. The maximum Gasteiger partial charge on any atom is 0.325 e. The first-order valence-corrected chi connectivity index (χ1v) is 8.34. The lowest BCUT2D eigenvalue weighted by molar-refractivity contribution is -0.139. The largest absolute Gasteiger partial charge is 0.480 e. The molecule has 5 nitrogen and oxygen atoms in total. The van der Waals surface area contributed by atoms with Gasteiger partial charge in [0.2, 0.25) is 0 Å².